The van der Waals surface area contributed by atoms with Gasteiger partial charge in [0.1, 0.15) is 11.6 Å². The summed E-state index contributed by atoms with van der Waals surface area (Å²) >= 11 is 0. The molecule has 0 bridgehead atoms. The molecule has 1 saturated heterocycles. The predicted octanol–water partition coefficient (Wildman–Crippen LogP) is 1.09. The van der Waals surface area contributed by atoms with Crippen molar-refractivity contribution in [1.82, 2.24) is 10.6 Å². The number of carbonyl (C=O) groups is 1. The third-order valence-corrected chi connectivity index (χ3v) is 2.31. The summed E-state index contributed by atoms with van der Waals surface area (Å²) in [7, 11) is 0. The maximum Gasteiger partial charge on any atom is 0.323 e. The van der Waals surface area contributed by atoms with Crippen molar-refractivity contribution in [3.05, 3.63) is 0 Å². The lowest BCUT2D eigenvalue weighted by Crippen LogP contribution is -2.45. The second kappa shape index (κ2) is 6.42. The molecule has 0 aromatic rings. The largest absolute Gasteiger partial charge is 0.459 e. The first kappa shape index (κ1) is 15.7. The van der Waals surface area contributed by atoms with Crippen LogP contribution in [0.5, 0.6) is 0 Å². The fraction of sp³-hybridized carbons (Fsp3) is 0.909. The van der Waals surface area contributed by atoms with Crippen LogP contribution < -0.4 is 10.6 Å². The summed E-state index contributed by atoms with van der Waals surface area (Å²) in [6.45, 7) is 9.47. The first-order chi connectivity index (χ1) is 6.88. The van der Waals surface area contributed by atoms with Gasteiger partial charge in [-0.05, 0) is 40.7 Å². The Kier molecular flexibility index (Phi) is 6.30. The van der Waals surface area contributed by atoms with E-state index in [1.54, 1.807) is 0 Å². The molecule has 0 saturated carbocycles. The monoisotopic (exact) mass is 250 g/mol. The number of carbonyl (C=O) groups excluding carboxylic acids is 1. The van der Waals surface area contributed by atoms with E-state index in [4.69, 9.17) is 4.74 Å². The van der Waals surface area contributed by atoms with Gasteiger partial charge in [0, 0.05) is 12.6 Å². The summed E-state index contributed by atoms with van der Waals surface area (Å²) < 4.78 is 5.29. The van der Waals surface area contributed by atoms with Gasteiger partial charge in [-0.2, -0.15) is 0 Å². The Morgan fingerprint density at radius 3 is 2.56 bits per heavy atom. The molecule has 0 spiro atoms. The van der Waals surface area contributed by atoms with Crippen LogP contribution in [-0.4, -0.2) is 36.7 Å². The SMILES string of the molecule is CC(NC1CCNC1)C(=O)OC(C)(C)C.Cl. The maximum atomic E-state index is 11.6. The summed E-state index contributed by atoms with van der Waals surface area (Å²) in [4.78, 5) is 11.6. The number of ether oxygens (including phenoxy) is 1. The van der Waals surface area contributed by atoms with Crippen molar-refractivity contribution < 1.29 is 9.53 Å². The second-order valence-corrected chi connectivity index (χ2v) is 5.11. The van der Waals surface area contributed by atoms with Crippen LogP contribution in [0.3, 0.4) is 0 Å². The zero-order valence-corrected chi connectivity index (χ0v) is 11.3. The van der Waals surface area contributed by atoms with Gasteiger partial charge in [-0.25, -0.2) is 0 Å². The molecule has 1 heterocycles. The number of rotatable bonds is 3. The number of nitrogens with one attached hydrogen (secondary N) is 2. The van der Waals surface area contributed by atoms with E-state index in [2.05, 4.69) is 10.6 Å². The molecule has 0 aromatic heterocycles. The highest BCUT2D eigenvalue weighted by Gasteiger charge is 2.24. The highest BCUT2D eigenvalue weighted by Crippen LogP contribution is 2.09. The van der Waals surface area contributed by atoms with Crippen LogP contribution in [0.25, 0.3) is 0 Å². The van der Waals surface area contributed by atoms with E-state index in [1.165, 1.54) is 0 Å². The van der Waals surface area contributed by atoms with Crippen LogP contribution >= 0.6 is 12.4 Å². The van der Waals surface area contributed by atoms with E-state index < -0.39 is 5.60 Å². The van der Waals surface area contributed by atoms with Crippen LogP contribution in [0, 0.1) is 0 Å². The lowest BCUT2D eigenvalue weighted by atomic mass is 10.2. The average molecular weight is 251 g/mol. The fourth-order valence-electron chi connectivity index (χ4n) is 1.61. The van der Waals surface area contributed by atoms with E-state index in [1.807, 2.05) is 27.7 Å². The molecule has 16 heavy (non-hydrogen) atoms. The van der Waals surface area contributed by atoms with Crippen molar-refractivity contribution in [2.75, 3.05) is 13.1 Å². The van der Waals surface area contributed by atoms with Crippen molar-refractivity contribution in [2.24, 2.45) is 0 Å². The third kappa shape index (κ3) is 5.68. The van der Waals surface area contributed by atoms with Gasteiger partial charge in [-0.1, -0.05) is 0 Å². The smallest absolute Gasteiger partial charge is 0.323 e. The second-order valence-electron chi connectivity index (χ2n) is 5.11. The minimum absolute atomic E-state index is 0. The fourth-order valence-corrected chi connectivity index (χ4v) is 1.61. The van der Waals surface area contributed by atoms with Crippen LogP contribution in [0.15, 0.2) is 0 Å². The lowest BCUT2D eigenvalue weighted by Gasteiger charge is -2.24. The highest BCUT2D eigenvalue weighted by atomic mass is 35.5. The van der Waals surface area contributed by atoms with Gasteiger partial charge in [-0.15, -0.1) is 12.4 Å². The predicted molar refractivity (Wildman–Crippen MR) is 67.0 cm³/mol. The summed E-state index contributed by atoms with van der Waals surface area (Å²) in [5.74, 6) is -0.172. The molecule has 2 unspecified atom stereocenters. The Labute approximate surface area is 104 Å². The van der Waals surface area contributed by atoms with Crippen molar-refractivity contribution in [3.63, 3.8) is 0 Å². The van der Waals surface area contributed by atoms with E-state index >= 15 is 0 Å². The molecule has 0 aliphatic carbocycles. The Balaban J connectivity index is 0.00000225. The minimum Gasteiger partial charge on any atom is -0.459 e. The first-order valence-electron chi connectivity index (χ1n) is 5.58. The van der Waals surface area contributed by atoms with E-state index in [-0.39, 0.29) is 24.4 Å². The molecule has 1 rings (SSSR count). The zero-order chi connectivity index (χ0) is 11.5. The maximum absolute atomic E-state index is 11.6. The van der Waals surface area contributed by atoms with E-state index in [0.29, 0.717) is 6.04 Å². The standard InChI is InChI=1S/C11H22N2O2.ClH/c1-8(10(14)15-11(2,3)4)13-9-5-6-12-7-9;/h8-9,12-13H,5-7H2,1-4H3;1H. The van der Waals surface area contributed by atoms with Crippen LogP contribution in [0.1, 0.15) is 34.1 Å². The molecule has 4 nitrogen and oxygen atoms in total. The van der Waals surface area contributed by atoms with Crippen LogP contribution in [0.2, 0.25) is 0 Å². The van der Waals surface area contributed by atoms with Gasteiger partial charge in [0.25, 0.3) is 0 Å². The van der Waals surface area contributed by atoms with Crippen molar-refractivity contribution in [2.45, 2.75) is 51.8 Å². The molecule has 1 aliphatic heterocycles. The van der Waals surface area contributed by atoms with Gasteiger partial charge in [0.2, 0.25) is 0 Å². The number of esters is 1. The molecular formula is C11H23ClN2O2. The van der Waals surface area contributed by atoms with Gasteiger partial charge in [-0.3, -0.25) is 4.79 Å². The first-order valence-corrected chi connectivity index (χ1v) is 5.58. The van der Waals surface area contributed by atoms with E-state index in [9.17, 15) is 4.79 Å². The summed E-state index contributed by atoms with van der Waals surface area (Å²) in [5.41, 5.74) is -0.402. The number of hydrogen-bond acceptors (Lipinski definition) is 4. The molecule has 1 aliphatic rings. The summed E-state index contributed by atoms with van der Waals surface area (Å²) in [6, 6.07) is 0.168. The quantitative estimate of drug-likeness (QED) is 0.737. The van der Waals surface area contributed by atoms with E-state index in [0.717, 1.165) is 19.5 Å². The number of hydrogen-bond donors (Lipinski definition) is 2. The van der Waals surface area contributed by atoms with Gasteiger partial charge in [0.15, 0.2) is 0 Å². The van der Waals surface area contributed by atoms with Gasteiger partial charge in [0.05, 0.1) is 0 Å². The molecule has 0 radical (unpaired) electrons. The van der Waals surface area contributed by atoms with Gasteiger partial charge >= 0.3 is 5.97 Å². The topological polar surface area (TPSA) is 50.4 Å². The van der Waals surface area contributed by atoms with Crippen molar-refractivity contribution in [3.8, 4) is 0 Å². The third-order valence-electron chi connectivity index (χ3n) is 2.31. The Morgan fingerprint density at radius 2 is 2.12 bits per heavy atom. The van der Waals surface area contributed by atoms with Crippen LogP contribution in [-0.2, 0) is 9.53 Å². The molecule has 2 N–H and O–H groups in total. The molecule has 5 heteroatoms. The molecule has 96 valence electrons. The molecule has 0 amide bonds. The number of halogens is 1. The Hall–Kier alpha value is -0.320. The zero-order valence-electron chi connectivity index (χ0n) is 10.5. The molecule has 1 fully saturated rings. The molecule has 2 atom stereocenters. The summed E-state index contributed by atoms with van der Waals surface area (Å²) in [5, 5.41) is 6.51. The summed E-state index contributed by atoms with van der Waals surface area (Å²) in [6.07, 6.45) is 1.08. The van der Waals surface area contributed by atoms with Crippen molar-refractivity contribution >= 4 is 18.4 Å². The lowest BCUT2D eigenvalue weighted by molar-refractivity contribution is -0.157. The van der Waals surface area contributed by atoms with Crippen molar-refractivity contribution in [1.29, 1.82) is 0 Å². The minimum atomic E-state index is -0.402. The Bertz CT molecular complexity index is 223. The molecular weight excluding hydrogens is 228 g/mol. The van der Waals surface area contributed by atoms with Crippen LogP contribution in [0.4, 0.5) is 0 Å². The van der Waals surface area contributed by atoms with Gasteiger partial charge < -0.3 is 15.4 Å². The highest BCUT2D eigenvalue weighted by molar-refractivity contribution is 5.85. The average Bonchev–Trinajstić information content (AvgIpc) is 2.53. The Morgan fingerprint density at radius 1 is 1.50 bits per heavy atom. The molecule has 0 aromatic carbocycles. The normalized spacial score (nSPS) is 22.4.